The molecule has 3 aromatic rings. The lowest BCUT2D eigenvalue weighted by Gasteiger charge is -1.98. The average Bonchev–Trinajstić information content (AvgIpc) is 3.33. The summed E-state index contributed by atoms with van der Waals surface area (Å²) in [7, 11) is 0. The first kappa shape index (κ1) is 15.1. The lowest BCUT2D eigenvalue weighted by molar-refractivity contribution is -0.380. The molecule has 3 heterocycles. The maximum Gasteiger partial charge on any atom is 0.324 e. The van der Waals surface area contributed by atoms with Crippen LogP contribution in [-0.2, 0) is 0 Å². The van der Waals surface area contributed by atoms with Crippen LogP contribution in [0.4, 0.5) is 11.0 Å². The number of ether oxygens (including phenoxy) is 2. The van der Waals surface area contributed by atoms with Crippen LogP contribution >= 0.6 is 11.3 Å². The number of fused-ring (bicyclic) bond motifs is 1. The van der Waals surface area contributed by atoms with Gasteiger partial charge in [-0.1, -0.05) is 16.4 Å². The van der Waals surface area contributed by atoms with Crippen LogP contribution in [0, 0.1) is 10.1 Å². The molecule has 1 aliphatic rings. The van der Waals surface area contributed by atoms with E-state index in [1.54, 1.807) is 18.2 Å². The fraction of sp³-hybridized carbons (Fsp3) is 0.0714. The normalized spacial score (nSPS) is 12.2. The van der Waals surface area contributed by atoms with Crippen LogP contribution in [0.3, 0.4) is 0 Å². The number of rotatable bonds is 4. The number of aromatic nitrogens is 2. The SMILES string of the molecule is O=C(Nc1nnc(-c2ccc3c(c2)OCO3)o1)c1ccc([N+](=O)[O-])s1. The maximum absolute atomic E-state index is 12.1. The molecule has 1 aromatic carbocycles. The van der Waals surface area contributed by atoms with Gasteiger partial charge in [-0.05, 0) is 24.3 Å². The quantitative estimate of drug-likeness (QED) is 0.555. The molecule has 1 amide bonds. The first-order chi connectivity index (χ1) is 12.1. The fourth-order valence-corrected chi connectivity index (χ4v) is 2.84. The van der Waals surface area contributed by atoms with Gasteiger partial charge in [0.1, 0.15) is 0 Å². The zero-order valence-electron chi connectivity index (χ0n) is 12.3. The van der Waals surface area contributed by atoms with Gasteiger partial charge < -0.3 is 13.9 Å². The van der Waals surface area contributed by atoms with E-state index in [0.29, 0.717) is 17.1 Å². The van der Waals surface area contributed by atoms with E-state index in [1.807, 2.05) is 0 Å². The van der Waals surface area contributed by atoms with E-state index in [1.165, 1.54) is 12.1 Å². The molecule has 0 bridgehead atoms. The summed E-state index contributed by atoms with van der Waals surface area (Å²) in [5.74, 6) is 0.799. The Hall–Kier alpha value is -3.47. The third-order valence-corrected chi connectivity index (χ3v) is 4.30. The van der Waals surface area contributed by atoms with Crippen molar-refractivity contribution >= 4 is 28.3 Å². The minimum absolute atomic E-state index is 0.117. The Morgan fingerprint density at radius 2 is 2.04 bits per heavy atom. The predicted octanol–water partition coefficient (Wildman–Crippen LogP) is 2.69. The number of nitrogens with one attached hydrogen (secondary N) is 1. The van der Waals surface area contributed by atoms with E-state index < -0.39 is 10.8 Å². The molecule has 11 heteroatoms. The van der Waals surface area contributed by atoms with Crippen LogP contribution in [0.15, 0.2) is 34.7 Å². The Labute approximate surface area is 143 Å². The Balaban J connectivity index is 1.51. The highest BCUT2D eigenvalue weighted by Crippen LogP contribution is 2.35. The molecule has 0 atom stereocenters. The molecule has 1 N–H and O–H groups in total. The van der Waals surface area contributed by atoms with Gasteiger partial charge >= 0.3 is 11.0 Å². The van der Waals surface area contributed by atoms with Gasteiger partial charge in [0.15, 0.2) is 11.5 Å². The summed E-state index contributed by atoms with van der Waals surface area (Å²) in [4.78, 5) is 22.3. The van der Waals surface area contributed by atoms with E-state index in [2.05, 4.69) is 15.5 Å². The first-order valence-corrected chi connectivity index (χ1v) is 7.71. The number of hydrogen-bond donors (Lipinski definition) is 1. The van der Waals surface area contributed by atoms with Gasteiger partial charge in [-0.2, -0.15) is 0 Å². The Morgan fingerprint density at radius 3 is 2.84 bits per heavy atom. The van der Waals surface area contributed by atoms with Crippen LogP contribution in [0.1, 0.15) is 9.67 Å². The van der Waals surface area contributed by atoms with Crippen LogP contribution in [-0.4, -0.2) is 27.8 Å². The summed E-state index contributed by atoms with van der Waals surface area (Å²) in [6.07, 6.45) is 0. The van der Waals surface area contributed by atoms with E-state index in [-0.39, 0.29) is 28.6 Å². The van der Waals surface area contributed by atoms with Gasteiger partial charge in [-0.15, -0.1) is 5.10 Å². The lowest BCUT2D eigenvalue weighted by Crippen LogP contribution is -2.10. The second-order valence-corrected chi connectivity index (χ2v) is 5.89. The maximum atomic E-state index is 12.1. The topological polar surface area (TPSA) is 130 Å². The minimum Gasteiger partial charge on any atom is -0.454 e. The standard InChI is InChI=1S/C14H8N4O6S/c19-12(10-3-4-11(25-10)18(20)21)15-14-17-16-13(24-14)7-1-2-8-9(5-7)23-6-22-8/h1-5H,6H2,(H,15,17,19). The third kappa shape index (κ3) is 2.87. The molecule has 2 aromatic heterocycles. The molecule has 4 rings (SSSR count). The molecule has 0 saturated heterocycles. The van der Waals surface area contributed by atoms with Crippen LogP contribution < -0.4 is 14.8 Å². The highest BCUT2D eigenvalue weighted by molar-refractivity contribution is 7.17. The van der Waals surface area contributed by atoms with Crippen molar-refractivity contribution in [1.82, 2.24) is 10.2 Å². The van der Waals surface area contributed by atoms with E-state index >= 15 is 0 Å². The van der Waals surface area contributed by atoms with Crippen molar-refractivity contribution in [3.63, 3.8) is 0 Å². The molecule has 1 aliphatic heterocycles. The van der Waals surface area contributed by atoms with Crippen molar-refractivity contribution in [2.75, 3.05) is 12.1 Å². The minimum atomic E-state index is -0.570. The van der Waals surface area contributed by atoms with Crippen LogP contribution in [0.2, 0.25) is 0 Å². The summed E-state index contributed by atoms with van der Waals surface area (Å²) in [6.45, 7) is 0.150. The first-order valence-electron chi connectivity index (χ1n) is 6.89. The van der Waals surface area contributed by atoms with Gasteiger partial charge in [-0.25, -0.2) is 0 Å². The monoisotopic (exact) mass is 360 g/mol. The Bertz CT molecular complexity index is 981. The molecule has 0 unspecified atom stereocenters. The summed E-state index contributed by atoms with van der Waals surface area (Å²) in [5, 5.41) is 20.5. The van der Waals surface area contributed by atoms with E-state index in [4.69, 9.17) is 13.9 Å². The number of thiophene rings is 1. The van der Waals surface area contributed by atoms with E-state index in [9.17, 15) is 14.9 Å². The summed E-state index contributed by atoms with van der Waals surface area (Å²) in [6, 6.07) is 7.61. The van der Waals surface area contributed by atoms with Gasteiger partial charge in [0.25, 0.3) is 5.91 Å². The molecule has 0 saturated carbocycles. The number of amides is 1. The zero-order valence-corrected chi connectivity index (χ0v) is 13.1. The largest absolute Gasteiger partial charge is 0.454 e. The van der Waals surface area contributed by atoms with E-state index in [0.717, 1.165) is 11.3 Å². The molecule has 126 valence electrons. The molecule has 25 heavy (non-hydrogen) atoms. The van der Waals surface area contributed by atoms with Crippen molar-refractivity contribution in [2.45, 2.75) is 0 Å². The fourth-order valence-electron chi connectivity index (χ4n) is 2.13. The van der Waals surface area contributed by atoms with Gasteiger partial charge in [0.2, 0.25) is 12.7 Å². The number of carbonyl (C=O) groups excluding carboxylic acids is 1. The average molecular weight is 360 g/mol. The number of benzene rings is 1. The molecule has 0 aliphatic carbocycles. The van der Waals surface area contributed by atoms with Crippen molar-refractivity contribution < 1.29 is 23.6 Å². The highest BCUT2D eigenvalue weighted by Gasteiger charge is 2.19. The molecule has 0 fully saturated rings. The molecular formula is C14H8N4O6S. The number of carbonyl (C=O) groups is 1. The number of hydrogen-bond acceptors (Lipinski definition) is 9. The van der Waals surface area contributed by atoms with Gasteiger partial charge in [0.05, 0.1) is 9.80 Å². The molecule has 10 nitrogen and oxygen atoms in total. The number of nitro groups is 1. The number of nitrogens with zero attached hydrogens (tertiary/aromatic N) is 3. The highest BCUT2D eigenvalue weighted by atomic mass is 32.1. The van der Waals surface area contributed by atoms with Crippen molar-refractivity contribution in [3.05, 3.63) is 45.3 Å². The van der Waals surface area contributed by atoms with Crippen molar-refractivity contribution in [1.29, 1.82) is 0 Å². The van der Waals surface area contributed by atoms with Crippen LogP contribution in [0.25, 0.3) is 11.5 Å². The lowest BCUT2D eigenvalue weighted by atomic mass is 10.2. The Kier molecular flexibility index (Phi) is 3.54. The van der Waals surface area contributed by atoms with Gasteiger partial charge in [0, 0.05) is 11.6 Å². The second kappa shape index (κ2) is 5.87. The van der Waals surface area contributed by atoms with Gasteiger partial charge in [-0.3, -0.25) is 20.2 Å². The number of anilines is 1. The summed E-state index contributed by atoms with van der Waals surface area (Å²) < 4.78 is 15.9. The third-order valence-electron chi connectivity index (χ3n) is 3.26. The van der Waals surface area contributed by atoms with Crippen molar-refractivity contribution in [3.8, 4) is 23.0 Å². The second-order valence-electron chi connectivity index (χ2n) is 4.83. The summed E-state index contributed by atoms with van der Waals surface area (Å²) in [5.41, 5.74) is 0.601. The Morgan fingerprint density at radius 1 is 1.20 bits per heavy atom. The zero-order chi connectivity index (χ0) is 17.4. The molecule has 0 spiro atoms. The summed E-state index contributed by atoms with van der Waals surface area (Å²) >= 11 is 0.754. The van der Waals surface area contributed by atoms with Crippen LogP contribution in [0.5, 0.6) is 11.5 Å². The predicted molar refractivity (Wildman–Crippen MR) is 84.8 cm³/mol. The molecule has 0 radical (unpaired) electrons. The van der Waals surface area contributed by atoms with Crippen molar-refractivity contribution in [2.24, 2.45) is 0 Å². The molecular weight excluding hydrogens is 352 g/mol. The smallest absolute Gasteiger partial charge is 0.324 e.